The summed E-state index contributed by atoms with van der Waals surface area (Å²) in [5, 5.41) is 2.43. The van der Waals surface area contributed by atoms with E-state index in [0.29, 0.717) is 12.6 Å². The number of pyridine rings is 1. The number of amides is 2. The van der Waals surface area contributed by atoms with Crippen LogP contribution in [0.1, 0.15) is 39.3 Å². The number of fused-ring (bicyclic) bond motifs is 4. The summed E-state index contributed by atoms with van der Waals surface area (Å²) in [6, 6.07) is 3.04. The van der Waals surface area contributed by atoms with E-state index in [1.54, 1.807) is 4.90 Å². The molecule has 0 aliphatic carbocycles. The molecule has 1 aromatic heterocycles. The van der Waals surface area contributed by atoms with Crippen molar-refractivity contribution in [2.75, 3.05) is 33.6 Å². The number of methoxy groups -OCH3 is 1. The number of halogens is 2. The molecular weight excluding hydrogens is 550 g/mol. The van der Waals surface area contributed by atoms with Crippen LogP contribution in [-0.4, -0.2) is 84.1 Å². The van der Waals surface area contributed by atoms with Gasteiger partial charge in [0.25, 0.3) is 11.8 Å². The van der Waals surface area contributed by atoms with Crippen LogP contribution in [0.15, 0.2) is 29.2 Å². The van der Waals surface area contributed by atoms with Crippen LogP contribution in [0.4, 0.5) is 13.6 Å². The van der Waals surface area contributed by atoms with Crippen molar-refractivity contribution in [3.8, 4) is 5.75 Å². The number of nitrogens with zero attached hydrogens (tertiary/aromatic N) is 3. The van der Waals surface area contributed by atoms with Crippen LogP contribution < -0.4 is 15.5 Å². The molecule has 3 aliphatic heterocycles. The quantitative estimate of drug-likeness (QED) is 0.357. The molecule has 13 nitrogen and oxygen atoms in total. The molecule has 4 heterocycles. The molecule has 3 aliphatic rings. The SMILES string of the molecule is COC(=O)COC(=O)OCOc1c2n(cc(C(=O)NCc3ccc(F)cc3F)c1=O)C[C@@H]1N(C[C@H]3CCCN31)C2=O. The largest absolute Gasteiger partial charge is 0.511 e. The number of benzene rings is 1. The summed E-state index contributed by atoms with van der Waals surface area (Å²) in [5.74, 6) is -4.40. The Bertz CT molecular complexity index is 1460. The van der Waals surface area contributed by atoms with Crippen LogP contribution in [0.2, 0.25) is 0 Å². The molecule has 2 saturated heterocycles. The van der Waals surface area contributed by atoms with Gasteiger partial charge in [-0.3, -0.25) is 19.3 Å². The lowest BCUT2D eigenvalue weighted by molar-refractivity contribution is -0.145. The van der Waals surface area contributed by atoms with Gasteiger partial charge >= 0.3 is 12.1 Å². The first-order valence-electron chi connectivity index (χ1n) is 12.7. The van der Waals surface area contributed by atoms with E-state index in [-0.39, 0.29) is 36.6 Å². The van der Waals surface area contributed by atoms with Crippen molar-refractivity contribution in [2.24, 2.45) is 0 Å². The lowest BCUT2D eigenvalue weighted by atomic mass is 10.1. The Labute approximate surface area is 231 Å². The highest BCUT2D eigenvalue weighted by molar-refractivity contribution is 5.99. The van der Waals surface area contributed by atoms with Crippen LogP contribution >= 0.6 is 0 Å². The fourth-order valence-electron chi connectivity index (χ4n) is 5.30. The third-order valence-corrected chi connectivity index (χ3v) is 7.25. The molecule has 2 aromatic rings. The smallest absolute Gasteiger partial charge is 0.466 e. The summed E-state index contributed by atoms with van der Waals surface area (Å²) >= 11 is 0. The second-order valence-electron chi connectivity index (χ2n) is 9.61. The van der Waals surface area contributed by atoms with Gasteiger partial charge in [0.15, 0.2) is 12.3 Å². The van der Waals surface area contributed by atoms with E-state index in [2.05, 4.69) is 19.7 Å². The Hall–Kier alpha value is -4.53. The van der Waals surface area contributed by atoms with Crippen molar-refractivity contribution in [1.29, 1.82) is 0 Å². The van der Waals surface area contributed by atoms with Gasteiger partial charge in [0.1, 0.15) is 23.4 Å². The average molecular weight is 577 g/mol. The summed E-state index contributed by atoms with van der Waals surface area (Å²) in [6.45, 7) is -0.426. The van der Waals surface area contributed by atoms with Crippen molar-refractivity contribution < 1.29 is 46.9 Å². The minimum absolute atomic E-state index is 0.00926. The molecule has 41 heavy (non-hydrogen) atoms. The van der Waals surface area contributed by atoms with E-state index in [1.807, 2.05) is 0 Å². The lowest BCUT2D eigenvalue weighted by Gasteiger charge is -2.36. The fraction of sp³-hybridized carbons (Fsp3) is 0.423. The Balaban J connectivity index is 1.40. The Morgan fingerprint density at radius 2 is 1.93 bits per heavy atom. The van der Waals surface area contributed by atoms with E-state index in [1.165, 1.54) is 10.8 Å². The van der Waals surface area contributed by atoms with Crippen molar-refractivity contribution in [2.45, 2.75) is 38.1 Å². The van der Waals surface area contributed by atoms with Crippen LogP contribution in [0.25, 0.3) is 0 Å². The number of carbonyl (C=O) groups is 4. The van der Waals surface area contributed by atoms with Gasteiger partial charge in [-0.1, -0.05) is 6.07 Å². The maximum absolute atomic E-state index is 14.1. The number of esters is 1. The maximum atomic E-state index is 14.1. The number of aromatic nitrogens is 1. The summed E-state index contributed by atoms with van der Waals surface area (Å²) < 4.78 is 47.8. The molecule has 2 amide bonds. The first-order chi connectivity index (χ1) is 19.7. The molecule has 0 unspecified atom stereocenters. The van der Waals surface area contributed by atoms with E-state index in [0.717, 1.165) is 38.6 Å². The Morgan fingerprint density at radius 1 is 1.12 bits per heavy atom. The van der Waals surface area contributed by atoms with Gasteiger partial charge < -0.3 is 33.7 Å². The molecule has 2 fully saturated rings. The summed E-state index contributed by atoms with van der Waals surface area (Å²) in [4.78, 5) is 66.9. The highest BCUT2D eigenvalue weighted by Gasteiger charge is 2.48. The van der Waals surface area contributed by atoms with E-state index in [9.17, 15) is 32.8 Å². The zero-order valence-corrected chi connectivity index (χ0v) is 21.9. The van der Waals surface area contributed by atoms with Crippen molar-refractivity contribution in [1.82, 2.24) is 19.7 Å². The Morgan fingerprint density at radius 3 is 2.68 bits per heavy atom. The average Bonchev–Trinajstić information content (AvgIpc) is 3.54. The van der Waals surface area contributed by atoms with Gasteiger partial charge in [-0.15, -0.1) is 0 Å². The second-order valence-corrected chi connectivity index (χ2v) is 9.61. The number of carbonyl (C=O) groups excluding carboxylic acids is 4. The normalized spacial score (nSPS) is 19.2. The summed E-state index contributed by atoms with van der Waals surface area (Å²) in [7, 11) is 1.10. The molecule has 1 aromatic carbocycles. The molecule has 2 atom stereocenters. The summed E-state index contributed by atoms with van der Waals surface area (Å²) in [5.41, 5.74) is -1.51. The standard InChI is InChI=1S/C26H26F2N4O9/c1-38-20(33)12-39-26(37)41-13-40-23-21-25(36)32-9-16-3-2-6-31(16)19(32)11-30(21)10-17(22(23)34)24(35)29-8-14-4-5-15(27)7-18(14)28/h4-5,7,10,16,19H,2-3,6,8-9,11-13H2,1H3,(H,29,35)/t16-,19+/m1/s1. The van der Waals surface area contributed by atoms with Crippen LogP contribution in [0.5, 0.6) is 5.75 Å². The molecule has 1 N–H and O–H groups in total. The summed E-state index contributed by atoms with van der Waals surface area (Å²) in [6.07, 6.45) is 1.57. The topological polar surface area (TPSA) is 146 Å². The van der Waals surface area contributed by atoms with Crippen LogP contribution in [0.3, 0.4) is 0 Å². The van der Waals surface area contributed by atoms with Crippen molar-refractivity contribution >= 4 is 23.9 Å². The van der Waals surface area contributed by atoms with Gasteiger partial charge in [0, 0.05) is 43.5 Å². The predicted octanol–water partition coefficient (Wildman–Crippen LogP) is 0.979. The first-order valence-corrected chi connectivity index (χ1v) is 12.7. The minimum atomic E-state index is -1.30. The van der Waals surface area contributed by atoms with Crippen LogP contribution in [-0.2, 0) is 32.1 Å². The number of hydrogen-bond donors (Lipinski definition) is 1. The third kappa shape index (κ3) is 5.57. The fourth-order valence-corrected chi connectivity index (χ4v) is 5.30. The third-order valence-electron chi connectivity index (χ3n) is 7.25. The number of hydrogen-bond acceptors (Lipinski definition) is 10. The highest BCUT2D eigenvalue weighted by Crippen LogP contribution is 2.35. The van der Waals surface area contributed by atoms with E-state index < -0.39 is 65.7 Å². The van der Waals surface area contributed by atoms with Crippen LogP contribution in [0, 0.1) is 11.6 Å². The molecule has 0 saturated carbocycles. The number of nitrogens with one attached hydrogen (secondary N) is 1. The molecule has 218 valence electrons. The van der Waals surface area contributed by atoms with E-state index in [4.69, 9.17) is 9.47 Å². The second kappa shape index (κ2) is 11.5. The number of ether oxygens (including phenoxy) is 4. The maximum Gasteiger partial charge on any atom is 0.511 e. The minimum Gasteiger partial charge on any atom is -0.466 e. The van der Waals surface area contributed by atoms with Gasteiger partial charge in [-0.05, 0) is 18.9 Å². The molecular formula is C26H26F2N4O9. The van der Waals surface area contributed by atoms with Gasteiger partial charge in [0.2, 0.25) is 18.0 Å². The Kier molecular flexibility index (Phi) is 7.88. The molecule has 0 radical (unpaired) electrons. The predicted molar refractivity (Wildman–Crippen MR) is 133 cm³/mol. The zero-order chi connectivity index (χ0) is 29.3. The zero-order valence-electron chi connectivity index (χ0n) is 21.9. The highest BCUT2D eigenvalue weighted by atomic mass is 19.1. The van der Waals surface area contributed by atoms with Crippen molar-refractivity contribution in [3.63, 3.8) is 0 Å². The van der Waals surface area contributed by atoms with Gasteiger partial charge in [-0.25, -0.2) is 18.4 Å². The molecule has 0 spiro atoms. The monoisotopic (exact) mass is 576 g/mol. The van der Waals surface area contributed by atoms with Crippen molar-refractivity contribution in [3.05, 3.63) is 63.1 Å². The van der Waals surface area contributed by atoms with Gasteiger partial charge in [-0.2, -0.15) is 0 Å². The molecule has 15 heteroatoms. The molecule has 5 rings (SSSR count). The lowest BCUT2D eigenvalue weighted by Crippen LogP contribution is -2.50. The molecule has 0 bridgehead atoms. The van der Waals surface area contributed by atoms with E-state index >= 15 is 0 Å². The number of rotatable bonds is 8. The first kappa shape index (κ1) is 28.0. The van der Waals surface area contributed by atoms with Gasteiger partial charge in [0.05, 0.1) is 13.7 Å².